The van der Waals surface area contributed by atoms with Crippen molar-refractivity contribution >= 4 is 21.8 Å². The zero-order valence-electron chi connectivity index (χ0n) is 17.4. The minimum absolute atomic E-state index is 0.0223. The fraction of sp³-hybridized carbons (Fsp3) is 0.217. The molecule has 1 unspecified atom stereocenters. The van der Waals surface area contributed by atoms with Crippen LogP contribution < -0.4 is 4.72 Å². The SMILES string of the molecule is Cc1ccc(C(=O)C(C)OC(=O)c2cccc(S(=O)(=O)NCc3ccco3)c2)cc1C. The van der Waals surface area contributed by atoms with Crippen molar-refractivity contribution in [2.75, 3.05) is 0 Å². The van der Waals surface area contributed by atoms with E-state index in [-0.39, 0.29) is 22.8 Å². The first-order chi connectivity index (χ1) is 14.7. The number of rotatable bonds is 8. The van der Waals surface area contributed by atoms with Crippen molar-refractivity contribution in [3.63, 3.8) is 0 Å². The topological polar surface area (TPSA) is 103 Å². The summed E-state index contributed by atoms with van der Waals surface area (Å²) in [6.45, 7) is 5.30. The number of sulfonamides is 1. The molecule has 8 heteroatoms. The van der Waals surface area contributed by atoms with E-state index in [0.717, 1.165) is 11.1 Å². The molecular formula is C23H23NO6S. The van der Waals surface area contributed by atoms with Crippen LogP contribution in [0.2, 0.25) is 0 Å². The molecule has 0 saturated heterocycles. The highest BCUT2D eigenvalue weighted by Crippen LogP contribution is 2.16. The molecule has 1 aromatic heterocycles. The van der Waals surface area contributed by atoms with E-state index in [9.17, 15) is 18.0 Å². The number of carbonyl (C=O) groups excluding carboxylic acids is 2. The largest absolute Gasteiger partial charge is 0.468 e. The summed E-state index contributed by atoms with van der Waals surface area (Å²) in [4.78, 5) is 25.0. The standard InChI is InChI=1S/C23H23NO6S/c1-15-9-10-18(12-16(15)2)22(25)17(3)30-23(26)19-6-4-8-21(13-19)31(27,28)24-14-20-7-5-11-29-20/h4-13,17,24H,14H2,1-3H3. The molecule has 1 atom stereocenters. The van der Waals surface area contributed by atoms with Crippen LogP contribution in [0.5, 0.6) is 0 Å². The Kier molecular flexibility index (Phi) is 6.72. The van der Waals surface area contributed by atoms with Crippen LogP contribution in [0.15, 0.2) is 70.2 Å². The highest BCUT2D eigenvalue weighted by molar-refractivity contribution is 7.89. The van der Waals surface area contributed by atoms with Gasteiger partial charge in [0.2, 0.25) is 15.8 Å². The number of esters is 1. The van der Waals surface area contributed by atoms with E-state index in [2.05, 4.69) is 4.72 Å². The average Bonchev–Trinajstić information content (AvgIpc) is 3.27. The molecule has 0 bridgehead atoms. The molecule has 0 spiro atoms. The lowest BCUT2D eigenvalue weighted by molar-refractivity contribution is 0.0318. The van der Waals surface area contributed by atoms with Gasteiger partial charge in [-0.25, -0.2) is 17.9 Å². The predicted octanol–water partition coefficient (Wildman–Crippen LogP) is 3.80. The minimum atomic E-state index is -3.87. The van der Waals surface area contributed by atoms with Gasteiger partial charge in [0.05, 0.1) is 23.3 Å². The molecule has 31 heavy (non-hydrogen) atoms. The van der Waals surface area contributed by atoms with Crippen LogP contribution in [-0.2, 0) is 21.3 Å². The Bertz CT molecular complexity index is 1200. The molecule has 1 N–H and O–H groups in total. The van der Waals surface area contributed by atoms with E-state index < -0.39 is 22.1 Å². The average molecular weight is 442 g/mol. The van der Waals surface area contributed by atoms with E-state index in [1.54, 1.807) is 24.3 Å². The molecule has 0 aliphatic rings. The number of ether oxygens (including phenoxy) is 1. The van der Waals surface area contributed by atoms with Gasteiger partial charge in [0.1, 0.15) is 5.76 Å². The van der Waals surface area contributed by atoms with Crippen LogP contribution in [0, 0.1) is 13.8 Å². The van der Waals surface area contributed by atoms with E-state index in [0.29, 0.717) is 11.3 Å². The molecule has 3 rings (SSSR count). The third-order valence-corrected chi connectivity index (χ3v) is 6.24. The molecule has 7 nitrogen and oxygen atoms in total. The van der Waals surface area contributed by atoms with E-state index >= 15 is 0 Å². The van der Waals surface area contributed by atoms with Gasteiger partial charge in [-0.3, -0.25) is 4.79 Å². The van der Waals surface area contributed by atoms with Crippen LogP contribution >= 0.6 is 0 Å². The second-order valence-electron chi connectivity index (χ2n) is 7.14. The lowest BCUT2D eigenvalue weighted by Crippen LogP contribution is -2.25. The van der Waals surface area contributed by atoms with Crippen molar-refractivity contribution in [3.05, 3.63) is 88.9 Å². The molecule has 0 amide bonds. The number of nitrogens with one attached hydrogen (secondary N) is 1. The van der Waals surface area contributed by atoms with Crippen LogP contribution in [-0.4, -0.2) is 26.3 Å². The van der Waals surface area contributed by atoms with Crippen molar-refractivity contribution < 1.29 is 27.2 Å². The second kappa shape index (κ2) is 9.28. The Labute approximate surface area is 181 Å². The molecule has 0 aliphatic carbocycles. The van der Waals surface area contributed by atoms with Gasteiger partial charge in [-0.2, -0.15) is 0 Å². The van der Waals surface area contributed by atoms with Crippen molar-refractivity contribution in [2.24, 2.45) is 0 Å². The third-order valence-electron chi connectivity index (χ3n) is 4.84. The summed E-state index contributed by atoms with van der Waals surface area (Å²) in [5.41, 5.74) is 2.49. The Morgan fingerprint density at radius 1 is 1.00 bits per heavy atom. The normalized spacial score (nSPS) is 12.4. The summed E-state index contributed by atoms with van der Waals surface area (Å²) >= 11 is 0. The Morgan fingerprint density at radius 2 is 1.77 bits per heavy atom. The van der Waals surface area contributed by atoms with Crippen molar-refractivity contribution in [2.45, 2.75) is 38.3 Å². The van der Waals surface area contributed by atoms with E-state index in [1.807, 2.05) is 19.9 Å². The second-order valence-corrected chi connectivity index (χ2v) is 8.91. The molecule has 0 aliphatic heterocycles. The van der Waals surface area contributed by atoms with Gasteiger partial charge in [0.25, 0.3) is 0 Å². The van der Waals surface area contributed by atoms with E-state index in [1.165, 1.54) is 37.5 Å². The van der Waals surface area contributed by atoms with Crippen LogP contribution in [0.3, 0.4) is 0 Å². The summed E-state index contributed by atoms with van der Waals surface area (Å²) in [6.07, 6.45) is 0.424. The van der Waals surface area contributed by atoms with Crippen LogP contribution in [0.25, 0.3) is 0 Å². The van der Waals surface area contributed by atoms with Gasteiger partial charge >= 0.3 is 5.97 Å². The maximum atomic E-state index is 12.6. The van der Waals surface area contributed by atoms with Gasteiger partial charge in [-0.05, 0) is 68.3 Å². The monoisotopic (exact) mass is 441 g/mol. The summed E-state index contributed by atoms with van der Waals surface area (Å²) in [5.74, 6) is -0.661. The molecule has 1 heterocycles. The number of benzene rings is 2. The number of hydrogen-bond acceptors (Lipinski definition) is 6. The van der Waals surface area contributed by atoms with Crippen molar-refractivity contribution in [3.8, 4) is 0 Å². The first kappa shape index (κ1) is 22.5. The fourth-order valence-electron chi connectivity index (χ4n) is 2.86. The summed E-state index contributed by atoms with van der Waals surface area (Å²) in [5, 5.41) is 0. The lowest BCUT2D eigenvalue weighted by Gasteiger charge is -2.14. The quantitative estimate of drug-likeness (QED) is 0.421. The smallest absolute Gasteiger partial charge is 0.338 e. The zero-order chi connectivity index (χ0) is 22.6. The molecule has 0 radical (unpaired) electrons. The van der Waals surface area contributed by atoms with Gasteiger partial charge in [-0.15, -0.1) is 0 Å². The number of hydrogen-bond donors (Lipinski definition) is 1. The fourth-order valence-corrected chi connectivity index (χ4v) is 3.90. The molecule has 0 fully saturated rings. The van der Waals surface area contributed by atoms with Crippen molar-refractivity contribution in [1.29, 1.82) is 0 Å². The number of aryl methyl sites for hydroxylation is 2. The number of carbonyl (C=O) groups is 2. The maximum Gasteiger partial charge on any atom is 0.338 e. The molecule has 162 valence electrons. The lowest BCUT2D eigenvalue weighted by atomic mass is 10.0. The Balaban J connectivity index is 1.70. The van der Waals surface area contributed by atoms with Gasteiger partial charge in [-0.1, -0.05) is 18.2 Å². The summed E-state index contributed by atoms with van der Waals surface area (Å²) < 4.78 is 37.8. The van der Waals surface area contributed by atoms with Gasteiger partial charge < -0.3 is 9.15 Å². The van der Waals surface area contributed by atoms with Gasteiger partial charge in [0, 0.05) is 5.56 Å². The predicted molar refractivity (Wildman–Crippen MR) is 114 cm³/mol. The number of ketones is 1. The summed E-state index contributed by atoms with van der Waals surface area (Å²) in [6, 6.07) is 14.0. The maximum absolute atomic E-state index is 12.6. The molecular weight excluding hydrogens is 418 g/mol. The molecule has 2 aromatic carbocycles. The number of Topliss-reactive ketones (excluding diaryl/α,β-unsaturated/α-hetero) is 1. The van der Waals surface area contributed by atoms with Gasteiger partial charge in [0.15, 0.2) is 6.10 Å². The highest BCUT2D eigenvalue weighted by atomic mass is 32.2. The third kappa shape index (κ3) is 5.48. The van der Waals surface area contributed by atoms with Crippen molar-refractivity contribution in [1.82, 2.24) is 4.72 Å². The minimum Gasteiger partial charge on any atom is -0.468 e. The zero-order valence-corrected chi connectivity index (χ0v) is 18.2. The number of furan rings is 1. The first-order valence-electron chi connectivity index (χ1n) is 9.62. The van der Waals surface area contributed by atoms with Crippen LogP contribution in [0.4, 0.5) is 0 Å². The van der Waals surface area contributed by atoms with Crippen LogP contribution in [0.1, 0.15) is 44.5 Å². The Hall–Kier alpha value is -3.23. The molecule has 0 saturated carbocycles. The summed E-state index contributed by atoms with van der Waals surface area (Å²) in [7, 11) is -3.87. The highest BCUT2D eigenvalue weighted by Gasteiger charge is 2.22. The molecule has 3 aromatic rings. The Morgan fingerprint density at radius 3 is 2.45 bits per heavy atom. The first-order valence-corrected chi connectivity index (χ1v) is 11.1. The van der Waals surface area contributed by atoms with E-state index in [4.69, 9.17) is 9.15 Å².